The Labute approximate surface area is 130 Å². The van der Waals surface area contributed by atoms with Crippen molar-refractivity contribution in [2.24, 2.45) is 5.41 Å². The summed E-state index contributed by atoms with van der Waals surface area (Å²) in [5.41, 5.74) is 4.52. The molecule has 1 aliphatic carbocycles. The first-order valence-corrected chi connectivity index (χ1v) is 7.80. The average Bonchev–Trinajstić information content (AvgIpc) is 2.82. The summed E-state index contributed by atoms with van der Waals surface area (Å²) in [6.45, 7) is 4.91. The van der Waals surface area contributed by atoms with Gasteiger partial charge in [0, 0.05) is 30.0 Å². The molecule has 1 saturated heterocycles. The van der Waals surface area contributed by atoms with Gasteiger partial charge in [0.25, 0.3) is 5.91 Å². The minimum absolute atomic E-state index is 0.00265. The molecule has 2 amide bonds. The Morgan fingerprint density at radius 1 is 1.32 bits per heavy atom. The number of likely N-dealkylation sites (tertiary alicyclic amines) is 1. The van der Waals surface area contributed by atoms with Gasteiger partial charge in [-0.15, -0.1) is 0 Å². The number of carbonyl (C=O) groups excluding carboxylic acids is 2. The van der Waals surface area contributed by atoms with Crippen LogP contribution in [-0.4, -0.2) is 34.5 Å². The number of aryl methyl sites for hydroxylation is 1. The van der Waals surface area contributed by atoms with Crippen LogP contribution in [0.15, 0.2) is 18.2 Å². The van der Waals surface area contributed by atoms with E-state index in [9.17, 15) is 9.59 Å². The van der Waals surface area contributed by atoms with E-state index in [0.717, 1.165) is 31.4 Å². The predicted octanol–water partition coefficient (Wildman–Crippen LogP) is 1.92. The van der Waals surface area contributed by atoms with Crippen molar-refractivity contribution in [1.29, 1.82) is 0 Å². The Morgan fingerprint density at radius 2 is 2.09 bits per heavy atom. The summed E-state index contributed by atoms with van der Waals surface area (Å²) < 4.78 is 0. The van der Waals surface area contributed by atoms with E-state index in [2.05, 4.69) is 13.8 Å². The van der Waals surface area contributed by atoms with Crippen LogP contribution in [0, 0.1) is 5.41 Å². The first-order valence-electron chi connectivity index (χ1n) is 7.80. The van der Waals surface area contributed by atoms with Crippen LogP contribution in [0.4, 0.5) is 0 Å². The fourth-order valence-electron chi connectivity index (χ4n) is 3.82. The summed E-state index contributed by atoms with van der Waals surface area (Å²) in [6.07, 6.45) is 3.38. The molecule has 0 radical (unpaired) electrons. The van der Waals surface area contributed by atoms with Gasteiger partial charge in [-0.3, -0.25) is 14.8 Å². The molecule has 118 valence electrons. The lowest BCUT2D eigenvalue weighted by atomic mass is 9.70. The van der Waals surface area contributed by atoms with Crippen molar-refractivity contribution in [1.82, 2.24) is 10.4 Å². The van der Waals surface area contributed by atoms with E-state index in [4.69, 9.17) is 5.21 Å². The molecule has 22 heavy (non-hydrogen) atoms. The molecular formula is C17H22N2O3. The third kappa shape index (κ3) is 2.50. The molecule has 1 fully saturated rings. The number of hydrogen-bond acceptors (Lipinski definition) is 3. The third-order valence-electron chi connectivity index (χ3n) is 5.04. The summed E-state index contributed by atoms with van der Waals surface area (Å²) in [4.78, 5) is 25.8. The summed E-state index contributed by atoms with van der Waals surface area (Å²) >= 11 is 0. The van der Waals surface area contributed by atoms with E-state index in [0.29, 0.717) is 12.0 Å². The second-order valence-corrected chi connectivity index (χ2v) is 6.89. The zero-order valence-electron chi connectivity index (χ0n) is 13.1. The molecule has 1 heterocycles. The fraction of sp³-hybridized carbons (Fsp3) is 0.529. The molecule has 0 saturated carbocycles. The van der Waals surface area contributed by atoms with Gasteiger partial charge < -0.3 is 4.90 Å². The van der Waals surface area contributed by atoms with Crippen LogP contribution >= 0.6 is 0 Å². The number of hydrogen-bond donors (Lipinski definition) is 2. The van der Waals surface area contributed by atoms with Gasteiger partial charge in [-0.1, -0.05) is 6.07 Å². The molecule has 0 bridgehead atoms. The molecule has 1 aromatic carbocycles. The van der Waals surface area contributed by atoms with Crippen LogP contribution in [0.1, 0.15) is 48.2 Å². The molecule has 5 nitrogen and oxygen atoms in total. The van der Waals surface area contributed by atoms with Crippen LogP contribution in [0.2, 0.25) is 0 Å². The van der Waals surface area contributed by atoms with E-state index in [1.54, 1.807) is 11.5 Å². The van der Waals surface area contributed by atoms with E-state index in [1.807, 2.05) is 17.0 Å². The second-order valence-electron chi connectivity index (χ2n) is 6.89. The van der Waals surface area contributed by atoms with Gasteiger partial charge in [0.15, 0.2) is 0 Å². The van der Waals surface area contributed by atoms with Gasteiger partial charge >= 0.3 is 0 Å². The average molecular weight is 302 g/mol. The molecule has 1 atom stereocenters. The molecule has 0 aromatic heterocycles. The Morgan fingerprint density at radius 3 is 2.73 bits per heavy atom. The van der Waals surface area contributed by atoms with Gasteiger partial charge in [-0.25, -0.2) is 5.48 Å². The van der Waals surface area contributed by atoms with Crippen molar-refractivity contribution in [3.05, 3.63) is 34.9 Å². The van der Waals surface area contributed by atoms with E-state index < -0.39 is 5.91 Å². The number of benzene rings is 1. The Kier molecular flexibility index (Phi) is 3.68. The molecule has 1 aromatic rings. The second kappa shape index (κ2) is 5.39. The number of carbonyl (C=O) groups is 2. The quantitative estimate of drug-likeness (QED) is 0.648. The number of amides is 2. The number of nitrogens with zero attached hydrogens (tertiary/aromatic N) is 1. The predicted molar refractivity (Wildman–Crippen MR) is 81.6 cm³/mol. The Bertz CT molecular complexity index is 626. The molecule has 2 aliphatic rings. The third-order valence-corrected chi connectivity index (χ3v) is 5.04. The SMILES string of the molecule is CC(C)N1CC2(CCc3ccc(C(=O)NO)cc3C2)CC1=O. The maximum atomic E-state index is 12.3. The van der Waals surface area contributed by atoms with Crippen molar-refractivity contribution in [3.63, 3.8) is 0 Å². The topological polar surface area (TPSA) is 69.6 Å². The zero-order chi connectivity index (χ0) is 15.9. The highest BCUT2D eigenvalue weighted by Crippen LogP contribution is 2.43. The van der Waals surface area contributed by atoms with Crippen LogP contribution < -0.4 is 5.48 Å². The van der Waals surface area contributed by atoms with Crippen molar-refractivity contribution in [2.45, 2.75) is 45.6 Å². The first-order chi connectivity index (χ1) is 10.4. The number of nitrogens with one attached hydrogen (secondary N) is 1. The molecule has 5 heteroatoms. The van der Waals surface area contributed by atoms with Crippen molar-refractivity contribution in [2.75, 3.05) is 6.54 Å². The molecule has 1 unspecified atom stereocenters. The minimum atomic E-state index is -0.492. The Balaban J connectivity index is 1.87. The lowest BCUT2D eigenvalue weighted by molar-refractivity contribution is -0.129. The van der Waals surface area contributed by atoms with Crippen molar-refractivity contribution in [3.8, 4) is 0 Å². The van der Waals surface area contributed by atoms with Crippen molar-refractivity contribution >= 4 is 11.8 Å². The lowest BCUT2D eigenvalue weighted by Crippen LogP contribution is -2.36. The first kappa shape index (κ1) is 15.0. The lowest BCUT2D eigenvalue weighted by Gasteiger charge is -2.35. The molecule has 2 N–H and O–H groups in total. The van der Waals surface area contributed by atoms with E-state index >= 15 is 0 Å². The fourth-order valence-corrected chi connectivity index (χ4v) is 3.82. The molecule has 3 rings (SSSR count). The maximum Gasteiger partial charge on any atom is 0.274 e. The monoisotopic (exact) mass is 302 g/mol. The van der Waals surface area contributed by atoms with E-state index in [1.165, 1.54) is 5.56 Å². The summed E-state index contributed by atoms with van der Waals surface area (Å²) in [5.74, 6) is -0.253. The highest BCUT2D eigenvalue weighted by atomic mass is 16.5. The maximum absolute atomic E-state index is 12.3. The highest BCUT2D eigenvalue weighted by molar-refractivity contribution is 5.93. The molecular weight excluding hydrogens is 280 g/mol. The number of fused-ring (bicyclic) bond motifs is 1. The Hall–Kier alpha value is -1.88. The smallest absolute Gasteiger partial charge is 0.274 e. The van der Waals surface area contributed by atoms with Crippen LogP contribution in [-0.2, 0) is 17.6 Å². The zero-order valence-corrected chi connectivity index (χ0v) is 13.1. The van der Waals surface area contributed by atoms with Crippen LogP contribution in [0.5, 0.6) is 0 Å². The largest absolute Gasteiger partial charge is 0.340 e. The standard InChI is InChI=1S/C17H22N2O3/c1-11(2)19-10-17(9-15(19)20)6-5-12-3-4-13(16(21)18-22)7-14(12)8-17/h3-4,7,11,22H,5-6,8-10H2,1-2H3,(H,18,21). The highest BCUT2D eigenvalue weighted by Gasteiger charge is 2.45. The normalized spacial score (nSPS) is 24.0. The van der Waals surface area contributed by atoms with E-state index in [-0.39, 0.29) is 17.4 Å². The molecule has 1 aliphatic heterocycles. The van der Waals surface area contributed by atoms with Crippen LogP contribution in [0.25, 0.3) is 0 Å². The van der Waals surface area contributed by atoms with Gasteiger partial charge in [-0.05, 0) is 56.4 Å². The van der Waals surface area contributed by atoms with Crippen molar-refractivity contribution < 1.29 is 14.8 Å². The van der Waals surface area contributed by atoms with Gasteiger partial charge in [0.2, 0.25) is 5.91 Å². The molecule has 1 spiro atoms. The van der Waals surface area contributed by atoms with Crippen LogP contribution in [0.3, 0.4) is 0 Å². The summed E-state index contributed by atoms with van der Waals surface area (Å²) in [5, 5.41) is 8.78. The summed E-state index contributed by atoms with van der Waals surface area (Å²) in [7, 11) is 0. The van der Waals surface area contributed by atoms with Gasteiger partial charge in [-0.2, -0.15) is 0 Å². The number of hydroxylamine groups is 1. The minimum Gasteiger partial charge on any atom is -0.340 e. The summed E-state index contributed by atoms with van der Waals surface area (Å²) in [6, 6.07) is 5.79. The van der Waals surface area contributed by atoms with Gasteiger partial charge in [0.05, 0.1) is 0 Å². The number of rotatable bonds is 2. The van der Waals surface area contributed by atoms with Gasteiger partial charge in [0.1, 0.15) is 0 Å².